The molecule has 0 aliphatic rings. The minimum atomic E-state index is 0.232. The van der Waals surface area contributed by atoms with E-state index < -0.39 is 0 Å². The van der Waals surface area contributed by atoms with Crippen LogP contribution in [0.5, 0.6) is 0 Å². The van der Waals surface area contributed by atoms with Gasteiger partial charge in [-0.1, -0.05) is 0 Å². The number of halogens is 1. The molecule has 0 aromatic carbocycles. The van der Waals surface area contributed by atoms with Crippen LogP contribution in [0.3, 0.4) is 0 Å². The average Bonchev–Trinajstić information content (AvgIpc) is 2.67. The molecule has 2 rings (SSSR count). The van der Waals surface area contributed by atoms with E-state index in [0.717, 1.165) is 10.2 Å². The minimum Gasteiger partial charge on any atom is -0.309 e. The van der Waals surface area contributed by atoms with Crippen LogP contribution in [0.1, 0.15) is 22.2 Å². The molecule has 4 heteroatoms. The van der Waals surface area contributed by atoms with Gasteiger partial charge in [0.05, 0.1) is 6.04 Å². The lowest BCUT2D eigenvalue weighted by Crippen LogP contribution is -2.17. The summed E-state index contributed by atoms with van der Waals surface area (Å²) < 4.78 is 1.16. The minimum absolute atomic E-state index is 0.232. The van der Waals surface area contributed by atoms with E-state index in [1.807, 2.05) is 20.2 Å². The number of hydrogen-bond acceptors (Lipinski definition) is 3. The van der Waals surface area contributed by atoms with Gasteiger partial charge < -0.3 is 5.32 Å². The summed E-state index contributed by atoms with van der Waals surface area (Å²) in [5.41, 5.74) is 2.29. The molecule has 0 aliphatic heterocycles. The molecule has 0 fully saturated rings. The molecule has 1 unspecified atom stereocenters. The molecule has 0 saturated carbocycles. The molecule has 0 bridgehead atoms. The van der Waals surface area contributed by atoms with Crippen LogP contribution in [-0.4, -0.2) is 12.0 Å². The van der Waals surface area contributed by atoms with Crippen molar-refractivity contribution in [3.8, 4) is 0 Å². The third kappa shape index (κ3) is 2.34. The highest BCUT2D eigenvalue weighted by molar-refractivity contribution is 9.10. The quantitative estimate of drug-likeness (QED) is 0.937. The molecule has 16 heavy (non-hydrogen) atoms. The molecule has 1 N–H and O–H groups in total. The maximum absolute atomic E-state index is 4.22. The average molecular weight is 297 g/mol. The number of aromatic nitrogens is 1. The lowest BCUT2D eigenvalue weighted by atomic mass is 10.1. The third-order valence-corrected chi connectivity index (χ3v) is 4.39. The van der Waals surface area contributed by atoms with E-state index >= 15 is 0 Å². The van der Waals surface area contributed by atoms with Gasteiger partial charge in [0, 0.05) is 21.2 Å². The lowest BCUT2D eigenvalue weighted by molar-refractivity contribution is 0.699. The number of rotatable bonds is 3. The molecule has 0 radical (unpaired) electrons. The molecule has 0 amide bonds. The maximum atomic E-state index is 4.22. The first-order valence-electron chi connectivity index (χ1n) is 5.05. The van der Waals surface area contributed by atoms with Gasteiger partial charge in [0.1, 0.15) is 0 Å². The third-order valence-electron chi connectivity index (χ3n) is 2.45. The fourth-order valence-corrected chi connectivity index (χ4v) is 3.45. The van der Waals surface area contributed by atoms with Gasteiger partial charge in [0.15, 0.2) is 0 Å². The number of aryl methyl sites for hydroxylation is 1. The highest BCUT2D eigenvalue weighted by Crippen LogP contribution is 2.32. The fourth-order valence-electron chi connectivity index (χ4n) is 1.71. The summed E-state index contributed by atoms with van der Waals surface area (Å²) >= 11 is 5.33. The summed E-state index contributed by atoms with van der Waals surface area (Å²) in [6.45, 7) is 2.01. The zero-order chi connectivity index (χ0) is 11.5. The van der Waals surface area contributed by atoms with E-state index in [1.165, 1.54) is 10.4 Å². The van der Waals surface area contributed by atoms with Gasteiger partial charge in [-0.05, 0) is 59.0 Å². The maximum Gasteiger partial charge on any atom is 0.0681 e. The van der Waals surface area contributed by atoms with Crippen LogP contribution in [0.25, 0.3) is 0 Å². The highest BCUT2D eigenvalue weighted by atomic mass is 79.9. The van der Waals surface area contributed by atoms with E-state index in [0.29, 0.717) is 0 Å². The van der Waals surface area contributed by atoms with Crippen molar-refractivity contribution in [2.24, 2.45) is 0 Å². The molecule has 0 spiro atoms. The number of nitrogens with one attached hydrogen (secondary N) is 1. The van der Waals surface area contributed by atoms with Gasteiger partial charge in [0.25, 0.3) is 0 Å². The van der Waals surface area contributed by atoms with Crippen LogP contribution in [0.2, 0.25) is 0 Å². The summed E-state index contributed by atoms with van der Waals surface area (Å²) in [6.07, 6.45) is 1.86. The zero-order valence-corrected chi connectivity index (χ0v) is 11.6. The van der Waals surface area contributed by atoms with Crippen molar-refractivity contribution in [3.63, 3.8) is 0 Å². The summed E-state index contributed by atoms with van der Waals surface area (Å²) in [6, 6.07) is 6.49. The highest BCUT2D eigenvalue weighted by Gasteiger charge is 2.16. The van der Waals surface area contributed by atoms with Crippen LogP contribution in [-0.2, 0) is 0 Å². The van der Waals surface area contributed by atoms with Crippen molar-refractivity contribution in [1.82, 2.24) is 10.3 Å². The predicted molar refractivity (Wildman–Crippen MR) is 71.9 cm³/mol. The number of hydrogen-bond donors (Lipinski definition) is 1. The van der Waals surface area contributed by atoms with E-state index in [9.17, 15) is 0 Å². The first-order valence-corrected chi connectivity index (χ1v) is 6.72. The van der Waals surface area contributed by atoms with Gasteiger partial charge >= 0.3 is 0 Å². The predicted octanol–water partition coefficient (Wildman–Crippen LogP) is 3.52. The fraction of sp³-hybridized carbons (Fsp3) is 0.250. The Morgan fingerprint density at radius 2 is 2.25 bits per heavy atom. The van der Waals surface area contributed by atoms with Crippen molar-refractivity contribution >= 4 is 27.3 Å². The Hall–Kier alpha value is -0.710. The summed E-state index contributed by atoms with van der Waals surface area (Å²) in [7, 11) is 1.98. The van der Waals surface area contributed by atoms with E-state index in [1.54, 1.807) is 11.3 Å². The molecule has 2 aromatic rings. The largest absolute Gasteiger partial charge is 0.309 e. The number of thiophene rings is 1. The molecule has 0 aliphatic carbocycles. The molecule has 84 valence electrons. The Bertz CT molecular complexity index is 481. The van der Waals surface area contributed by atoms with Crippen molar-refractivity contribution in [2.45, 2.75) is 13.0 Å². The second-order valence-electron chi connectivity index (χ2n) is 3.59. The molecule has 2 heterocycles. The Labute approximate surface area is 108 Å². The van der Waals surface area contributed by atoms with Crippen LogP contribution in [0.4, 0.5) is 0 Å². The van der Waals surface area contributed by atoms with Gasteiger partial charge in [-0.2, -0.15) is 0 Å². The van der Waals surface area contributed by atoms with E-state index in [-0.39, 0.29) is 6.04 Å². The Balaban J connectivity index is 2.40. The second kappa shape index (κ2) is 5.08. The second-order valence-corrected chi connectivity index (χ2v) is 5.39. The van der Waals surface area contributed by atoms with Crippen molar-refractivity contribution in [2.75, 3.05) is 7.05 Å². The zero-order valence-electron chi connectivity index (χ0n) is 9.20. The SMILES string of the molecule is CNC(c1ccnc(C)c1)c1sccc1Br. The smallest absolute Gasteiger partial charge is 0.0681 e. The van der Waals surface area contributed by atoms with Gasteiger partial charge in [-0.15, -0.1) is 11.3 Å². The molecule has 0 saturated heterocycles. The number of nitrogens with zero attached hydrogens (tertiary/aromatic N) is 1. The van der Waals surface area contributed by atoms with Gasteiger partial charge in [0.2, 0.25) is 0 Å². The van der Waals surface area contributed by atoms with Crippen LogP contribution in [0.15, 0.2) is 34.2 Å². The molecule has 2 nitrogen and oxygen atoms in total. The van der Waals surface area contributed by atoms with Crippen LogP contribution >= 0.6 is 27.3 Å². The Morgan fingerprint density at radius 1 is 1.44 bits per heavy atom. The molecular formula is C12H13BrN2S. The summed E-state index contributed by atoms with van der Waals surface area (Å²) in [5.74, 6) is 0. The molecule has 2 aromatic heterocycles. The monoisotopic (exact) mass is 296 g/mol. The lowest BCUT2D eigenvalue weighted by Gasteiger charge is -2.16. The molecular weight excluding hydrogens is 284 g/mol. The first-order chi connectivity index (χ1) is 7.72. The van der Waals surface area contributed by atoms with Crippen LogP contribution < -0.4 is 5.32 Å². The van der Waals surface area contributed by atoms with Gasteiger partial charge in [-0.25, -0.2) is 0 Å². The van der Waals surface area contributed by atoms with Crippen molar-refractivity contribution in [3.05, 3.63) is 50.4 Å². The standard InChI is InChI=1S/C12H13BrN2S/c1-8-7-9(3-5-15-8)11(14-2)12-10(13)4-6-16-12/h3-7,11,14H,1-2H3. The Kier molecular flexibility index (Phi) is 3.74. The van der Waals surface area contributed by atoms with E-state index in [4.69, 9.17) is 0 Å². The number of pyridine rings is 1. The van der Waals surface area contributed by atoms with Crippen molar-refractivity contribution < 1.29 is 0 Å². The summed E-state index contributed by atoms with van der Waals surface area (Å²) in [4.78, 5) is 5.52. The topological polar surface area (TPSA) is 24.9 Å². The Morgan fingerprint density at radius 3 is 2.81 bits per heavy atom. The summed E-state index contributed by atoms with van der Waals surface area (Å²) in [5, 5.41) is 5.44. The normalized spacial score (nSPS) is 12.7. The van der Waals surface area contributed by atoms with Crippen LogP contribution in [0, 0.1) is 6.92 Å². The van der Waals surface area contributed by atoms with E-state index in [2.05, 4.69) is 49.8 Å². The van der Waals surface area contributed by atoms with Crippen molar-refractivity contribution in [1.29, 1.82) is 0 Å². The molecule has 1 atom stereocenters. The van der Waals surface area contributed by atoms with Gasteiger partial charge in [-0.3, -0.25) is 4.98 Å². The first kappa shape index (κ1) is 11.8.